The van der Waals surface area contributed by atoms with Gasteiger partial charge in [0.1, 0.15) is 11.7 Å². The summed E-state index contributed by atoms with van der Waals surface area (Å²) in [6, 6.07) is 1.99. The van der Waals surface area contributed by atoms with Crippen LogP contribution in [0.15, 0.2) is 12.1 Å². The van der Waals surface area contributed by atoms with Crippen molar-refractivity contribution in [1.29, 1.82) is 0 Å². The van der Waals surface area contributed by atoms with Crippen molar-refractivity contribution in [2.24, 2.45) is 0 Å². The molecular formula is C17H22FNO6. The zero-order valence-electron chi connectivity index (χ0n) is 14.4. The Morgan fingerprint density at radius 2 is 1.92 bits per heavy atom. The average molecular weight is 355 g/mol. The lowest BCUT2D eigenvalue weighted by molar-refractivity contribution is 0.0239. The molecule has 0 saturated carbocycles. The minimum absolute atomic E-state index is 0.168. The quantitative estimate of drug-likeness (QED) is 0.859. The lowest BCUT2D eigenvalue weighted by Gasteiger charge is -2.24. The Labute approximate surface area is 145 Å². The van der Waals surface area contributed by atoms with Crippen LogP contribution in [0.2, 0.25) is 0 Å². The number of ether oxygens (including phenoxy) is 3. The van der Waals surface area contributed by atoms with Gasteiger partial charge in [0, 0.05) is 18.9 Å². The van der Waals surface area contributed by atoms with E-state index in [0.29, 0.717) is 26.1 Å². The number of carbonyl (C=O) groups excluding carboxylic acids is 1. The Hall–Kier alpha value is -2.35. The zero-order valence-corrected chi connectivity index (χ0v) is 14.4. The van der Waals surface area contributed by atoms with Gasteiger partial charge in [-0.25, -0.2) is 14.0 Å². The minimum atomic E-state index is -1.32. The molecular weight excluding hydrogens is 333 g/mol. The molecule has 138 valence electrons. The summed E-state index contributed by atoms with van der Waals surface area (Å²) in [6.45, 7) is 6.01. The molecule has 1 aromatic rings. The summed E-state index contributed by atoms with van der Waals surface area (Å²) in [5.74, 6) is -2.25. The summed E-state index contributed by atoms with van der Waals surface area (Å²) in [7, 11) is 0. The number of carbonyl (C=O) groups is 2. The van der Waals surface area contributed by atoms with Crippen LogP contribution in [0.1, 0.15) is 44.0 Å². The fraction of sp³-hybridized carbons (Fsp3) is 0.529. The van der Waals surface area contributed by atoms with Crippen molar-refractivity contribution in [3.8, 4) is 5.75 Å². The number of anilines is 1. The van der Waals surface area contributed by atoms with Gasteiger partial charge in [0.05, 0.1) is 24.5 Å². The SMILES string of the molecule is CC(C)(C)OC(=O)Nc1cc(F)c(OC2CCOCC2)cc1C(=O)O. The molecule has 2 rings (SSSR count). The topological polar surface area (TPSA) is 94.1 Å². The molecule has 0 spiro atoms. The first-order chi connectivity index (χ1) is 11.7. The number of nitrogens with one attached hydrogen (secondary N) is 1. The van der Waals surface area contributed by atoms with Gasteiger partial charge in [0.2, 0.25) is 0 Å². The summed E-state index contributed by atoms with van der Waals surface area (Å²) >= 11 is 0. The van der Waals surface area contributed by atoms with Gasteiger partial charge in [0.25, 0.3) is 0 Å². The number of carboxylic acid groups (broad SMARTS) is 1. The number of hydrogen-bond acceptors (Lipinski definition) is 5. The monoisotopic (exact) mass is 355 g/mol. The molecule has 1 aliphatic rings. The second-order valence-corrected chi connectivity index (χ2v) is 6.69. The van der Waals surface area contributed by atoms with Crippen LogP contribution in [0.5, 0.6) is 5.75 Å². The molecule has 0 radical (unpaired) electrons. The van der Waals surface area contributed by atoms with Gasteiger partial charge in [-0.1, -0.05) is 0 Å². The third-order valence-electron chi connectivity index (χ3n) is 3.40. The van der Waals surface area contributed by atoms with Crippen LogP contribution in [0.3, 0.4) is 0 Å². The Bertz CT molecular complexity index is 649. The fourth-order valence-electron chi connectivity index (χ4n) is 2.31. The average Bonchev–Trinajstić information content (AvgIpc) is 2.48. The van der Waals surface area contributed by atoms with Gasteiger partial charge in [-0.15, -0.1) is 0 Å². The summed E-state index contributed by atoms with van der Waals surface area (Å²) in [4.78, 5) is 23.3. The van der Waals surface area contributed by atoms with Gasteiger partial charge in [-0.05, 0) is 26.8 Å². The van der Waals surface area contributed by atoms with E-state index in [0.717, 1.165) is 12.1 Å². The molecule has 1 heterocycles. The Morgan fingerprint density at radius 1 is 1.28 bits per heavy atom. The molecule has 0 aliphatic carbocycles. The van der Waals surface area contributed by atoms with Gasteiger partial charge in [-0.2, -0.15) is 0 Å². The number of aromatic carboxylic acids is 1. The predicted molar refractivity (Wildman–Crippen MR) is 87.7 cm³/mol. The molecule has 7 nitrogen and oxygen atoms in total. The van der Waals surface area contributed by atoms with Gasteiger partial charge >= 0.3 is 12.1 Å². The number of rotatable bonds is 4. The number of halogens is 1. The summed E-state index contributed by atoms with van der Waals surface area (Å²) in [5, 5.41) is 11.6. The molecule has 0 atom stereocenters. The first-order valence-electron chi connectivity index (χ1n) is 7.97. The van der Waals surface area contributed by atoms with Crippen molar-refractivity contribution >= 4 is 17.7 Å². The molecule has 25 heavy (non-hydrogen) atoms. The van der Waals surface area contributed by atoms with Crippen LogP contribution >= 0.6 is 0 Å². The second-order valence-electron chi connectivity index (χ2n) is 6.69. The van der Waals surface area contributed by atoms with E-state index in [-0.39, 0.29) is 23.1 Å². The molecule has 0 bridgehead atoms. The predicted octanol–water partition coefficient (Wildman–Crippen LogP) is 3.43. The molecule has 1 fully saturated rings. The van der Waals surface area contributed by atoms with E-state index in [2.05, 4.69) is 5.32 Å². The first-order valence-corrected chi connectivity index (χ1v) is 7.97. The van der Waals surface area contributed by atoms with Crippen molar-refractivity contribution < 1.29 is 33.3 Å². The Kier molecular flexibility index (Phi) is 5.84. The van der Waals surface area contributed by atoms with Crippen molar-refractivity contribution in [1.82, 2.24) is 0 Å². The van der Waals surface area contributed by atoms with Crippen molar-refractivity contribution in [2.45, 2.75) is 45.3 Å². The van der Waals surface area contributed by atoms with Crippen LogP contribution in [-0.4, -0.2) is 42.1 Å². The van der Waals surface area contributed by atoms with E-state index in [1.807, 2.05) is 0 Å². The van der Waals surface area contributed by atoms with Crippen molar-refractivity contribution in [3.63, 3.8) is 0 Å². The highest BCUT2D eigenvalue weighted by Crippen LogP contribution is 2.29. The summed E-state index contributed by atoms with van der Waals surface area (Å²) in [6.07, 6.45) is 0.0848. The molecule has 0 unspecified atom stereocenters. The molecule has 2 N–H and O–H groups in total. The van der Waals surface area contributed by atoms with Crippen LogP contribution in [0, 0.1) is 5.82 Å². The molecule has 8 heteroatoms. The molecule has 1 saturated heterocycles. The lowest BCUT2D eigenvalue weighted by Crippen LogP contribution is -2.28. The van der Waals surface area contributed by atoms with Gasteiger partial charge < -0.3 is 19.3 Å². The number of carboxylic acids is 1. The molecule has 1 amide bonds. The van der Waals surface area contributed by atoms with E-state index in [1.165, 1.54) is 0 Å². The minimum Gasteiger partial charge on any atom is -0.487 e. The van der Waals surface area contributed by atoms with Crippen LogP contribution in [-0.2, 0) is 9.47 Å². The molecule has 1 aromatic carbocycles. The van der Waals surface area contributed by atoms with Crippen LogP contribution < -0.4 is 10.1 Å². The maximum absolute atomic E-state index is 14.3. The number of hydrogen-bond donors (Lipinski definition) is 2. The van der Waals surface area contributed by atoms with E-state index in [4.69, 9.17) is 14.2 Å². The van der Waals surface area contributed by atoms with E-state index in [1.54, 1.807) is 20.8 Å². The van der Waals surface area contributed by atoms with Crippen molar-refractivity contribution in [3.05, 3.63) is 23.5 Å². The normalized spacial score (nSPS) is 15.5. The van der Waals surface area contributed by atoms with E-state index in [9.17, 15) is 19.1 Å². The van der Waals surface area contributed by atoms with Gasteiger partial charge in [-0.3, -0.25) is 5.32 Å². The first kappa shape index (κ1) is 19.0. The Balaban J connectivity index is 2.21. The lowest BCUT2D eigenvalue weighted by atomic mass is 10.1. The standard InChI is InChI=1S/C17H22FNO6/c1-17(2,3)25-16(22)19-13-9-12(18)14(8-11(13)15(20)21)24-10-4-6-23-7-5-10/h8-10H,4-7H2,1-3H3,(H,19,22)(H,20,21). The highest BCUT2D eigenvalue weighted by molar-refractivity contribution is 5.99. The molecule has 1 aliphatic heterocycles. The fourth-order valence-corrected chi connectivity index (χ4v) is 2.31. The van der Waals surface area contributed by atoms with Crippen LogP contribution in [0.4, 0.5) is 14.9 Å². The summed E-state index contributed by atoms with van der Waals surface area (Å²) in [5.41, 5.74) is -1.24. The van der Waals surface area contributed by atoms with Gasteiger partial charge in [0.15, 0.2) is 11.6 Å². The zero-order chi connectivity index (χ0) is 18.6. The van der Waals surface area contributed by atoms with Crippen LogP contribution in [0.25, 0.3) is 0 Å². The largest absolute Gasteiger partial charge is 0.487 e. The third-order valence-corrected chi connectivity index (χ3v) is 3.40. The summed E-state index contributed by atoms with van der Waals surface area (Å²) < 4.78 is 30.1. The smallest absolute Gasteiger partial charge is 0.412 e. The highest BCUT2D eigenvalue weighted by atomic mass is 19.1. The second kappa shape index (κ2) is 7.69. The van der Waals surface area contributed by atoms with E-state index >= 15 is 0 Å². The van der Waals surface area contributed by atoms with E-state index < -0.39 is 23.5 Å². The number of amides is 1. The molecule has 0 aromatic heterocycles. The third kappa shape index (κ3) is 5.60. The van der Waals surface area contributed by atoms with Crippen molar-refractivity contribution in [2.75, 3.05) is 18.5 Å². The Morgan fingerprint density at radius 3 is 2.48 bits per heavy atom. The maximum atomic E-state index is 14.3. The maximum Gasteiger partial charge on any atom is 0.412 e. The highest BCUT2D eigenvalue weighted by Gasteiger charge is 2.23. The number of benzene rings is 1.